The van der Waals surface area contributed by atoms with Crippen LogP contribution >= 0.6 is 11.6 Å². The lowest BCUT2D eigenvalue weighted by Crippen LogP contribution is -2.51. The van der Waals surface area contributed by atoms with Crippen molar-refractivity contribution in [2.24, 2.45) is 0 Å². The smallest absolute Gasteiger partial charge is 0.270 e. The highest BCUT2D eigenvalue weighted by atomic mass is 35.5. The van der Waals surface area contributed by atoms with Crippen LogP contribution in [0.1, 0.15) is 29.8 Å². The second kappa shape index (κ2) is 5.04. The molecule has 0 radical (unpaired) electrons. The molecule has 1 amide bonds. The fourth-order valence-corrected chi connectivity index (χ4v) is 3.72. The predicted molar refractivity (Wildman–Crippen MR) is 81.7 cm³/mol. The number of hydrogen-bond acceptors (Lipinski definition) is 2. The van der Waals surface area contributed by atoms with Crippen molar-refractivity contribution in [3.05, 3.63) is 35.0 Å². The first-order chi connectivity index (χ1) is 10.2. The number of rotatable bonds is 1. The summed E-state index contributed by atoms with van der Waals surface area (Å²) in [5.74, 6) is 0.0718. The third kappa shape index (κ3) is 2.23. The molecule has 0 bridgehead atoms. The first-order valence-corrected chi connectivity index (χ1v) is 7.81. The number of nitrogens with zero attached hydrogens (tertiary/aromatic N) is 1. The zero-order valence-corrected chi connectivity index (χ0v) is 12.4. The lowest BCUT2D eigenvalue weighted by molar-refractivity contribution is -0.0446. The van der Waals surface area contributed by atoms with E-state index in [-0.39, 0.29) is 18.1 Å². The molecule has 0 spiro atoms. The average molecular weight is 305 g/mol. The van der Waals surface area contributed by atoms with Crippen molar-refractivity contribution in [1.82, 2.24) is 9.88 Å². The maximum Gasteiger partial charge on any atom is 0.270 e. The van der Waals surface area contributed by atoms with E-state index in [1.807, 2.05) is 29.2 Å². The van der Waals surface area contributed by atoms with E-state index in [9.17, 15) is 4.79 Å². The van der Waals surface area contributed by atoms with E-state index >= 15 is 0 Å². The highest BCUT2D eigenvalue weighted by Crippen LogP contribution is 2.31. The number of carbonyl (C=O) groups excluding carboxylic acids is 1. The van der Waals surface area contributed by atoms with Crippen molar-refractivity contribution in [2.45, 2.75) is 31.4 Å². The van der Waals surface area contributed by atoms with E-state index in [0.29, 0.717) is 23.9 Å². The van der Waals surface area contributed by atoms with Gasteiger partial charge in [0.2, 0.25) is 0 Å². The number of morpholine rings is 1. The van der Waals surface area contributed by atoms with Crippen LogP contribution in [0.4, 0.5) is 0 Å². The summed E-state index contributed by atoms with van der Waals surface area (Å²) < 4.78 is 5.77. The van der Waals surface area contributed by atoms with E-state index < -0.39 is 0 Å². The van der Waals surface area contributed by atoms with Gasteiger partial charge in [-0.3, -0.25) is 4.79 Å². The number of benzene rings is 1. The lowest BCUT2D eigenvalue weighted by Gasteiger charge is -2.37. The number of amides is 1. The number of ether oxygens (including phenoxy) is 1. The molecule has 4 nitrogen and oxygen atoms in total. The van der Waals surface area contributed by atoms with Gasteiger partial charge in [0.25, 0.3) is 5.91 Å². The van der Waals surface area contributed by atoms with Gasteiger partial charge in [-0.05, 0) is 37.5 Å². The summed E-state index contributed by atoms with van der Waals surface area (Å²) in [6, 6.07) is 7.77. The molecule has 2 heterocycles. The second-order valence-electron chi connectivity index (χ2n) is 5.82. The number of H-pyrrole nitrogens is 1. The fraction of sp³-hybridized carbons (Fsp3) is 0.438. The quantitative estimate of drug-likeness (QED) is 0.879. The van der Waals surface area contributed by atoms with Gasteiger partial charge in [0.1, 0.15) is 5.69 Å². The minimum Gasteiger partial charge on any atom is -0.374 e. The van der Waals surface area contributed by atoms with Gasteiger partial charge >= 0.3 is 0 Å². The third-order valence-electron chi connectivity index (χ3n) is 4.56. The van der Waals surface area contributed by atoms with Gasteiger partial charge in [-0.15, -0.1) is 0 Å². The fourth-order valence-electron chi connectivity index (χ4n) is 3.55. The number of aromatic nitrogens is 1. The van der Waals surface area contributed by atoms with E-state index in [1.54, 1.807) is 0 Å². The van der Waals surface area contributed by atoms with Gasteiger partial charge < -0.3 is 14.6 Å². The third-order valence-corrected chi connectivity index (χ3v) is 4.79. The number of nitrogens with one attached hydrogen (secondary N) is 1. The number of carbonyl (C=O) groups is 1. The Bertz CT molecular complexity index is 697. The van der Waals surface area contributed by atoms with Crippen LogP contribution in [0.2, 0.25) is 5.02 Å². The summed E-state index contributed by atoms with van der Waals surface area (Å²) >= 11 is 6.00. The van der Waals surface area contributed by atoms with E-state index in [1.165, 1.54) is 0 Å². The molecular weight excluding hydrogens is 288 g/mol. The normalized spacial score (nSPS) is 25.3. The van der Waals surface area contributed by atoms with Gasteiger partial charge in [0, 0.05) is 22.5 Å². The van der Waals surface area contributed by atoms with Gasteiger partial charge in [-0.2, -0.15) is 0 Å². The summed E-state index contributed by atoms with van der Waals surface area (Å²) in [6.45, 7) is 1.31. The minimum atomic E-state index is 0.0718. The molecule has 1 saturated carbocycles. The standard InChI is InChI=1S/C16H17ClN2O2/c17-11-5-4-10-8-13(18-12(10)9-11)16(20)19-6-7-21-15-3-1-2-14(15)19/h4-5,8-9,14-15,18H,1-3,6-7H2/t14-,15+/m0/s1. The largest absolute Gasteiger partial charge is 0.374 e. The van der Waals surface area contributed by atoms with Crippen molar-refractivity contribution in [3.63, 3.8) is 0 Å². The van der Waals surface area contributed by atoms with Crippen molar-refractivity contribution < 1.29 is 9.53 Å². The van der Waals surface area contributed by atoms with Crippen LogP contribution < -0.4 is 0 Å². The van der Waals surface area contributed by atoms with Crippen molar-refractivity contribution in [1.29, 1.82) is 0 Å². The maximum atomic E-state index is 12.8. The Morgan fingerprint density at radius 2 is 2.24 bits per heavy atom. The molecule has 1 aromatic carbocycles. The SMILES string of the molecule is O=C(c1cc2ccc(Cl)cc2[nH]1)N1CCO[C@@H]2CCC[C@@H]21. The van der Waals surface area contributed by atoms with Crippen molar-refractivity contribution >= 4 is 28.4 Å². The molecule has 1 saturated heterocycles. The Morgan fingerprint density at radius 3 is 3.14 bits per heavy atom. The van der Waals surface area contributed by atoms with Crippen LogP contribution in [0.25, 0.3) is 10.9 Å². The van der Waals surface area contributed by atoms with Crippen molar-refractivity contribution in [3.8, 4) is 0 Å². The number of halogens is 1. The summed E-state index contributed by atoms with van der Waals surface area (Å²) in [4.78, 5) is 18.0. The van der Waals surface area contributed by atoms with E-state index in [0.717, 1.165) is 30.2 Å². The molecule has 4 rings (SSSR count). The molecule has 1 aromatic heterocycles. The molecule has 2 aliphatic rings. The molecule has 1 aliphatic carbocycles. The van der Waals surface area contributed by atoms with Crippen molar-refractivity contribution in [2.75, 3.05) is 13.2 Å². The molecule has 110 valence electrons. The molecule has 1 N–H and O–H groups in total. The molecule has 21 heavy (non-hydrogen) atoms. The summed E-state index contributed by atoms with van der Waals surface area (Å²) in [7, 11) is 0. The van der Waals surface area contributed by atoms with Crippen LogP contribution in [-0.4, -0.2) is 41.1 Å². The zero-order chi connectivity index (χ0) is 14.4. The Balaban J connectivity index is 1.66. The van der Waals surface area contributed by atoms with E-state index in [2.05, 4.69) is 4.98 Å². The van der Waals surface area contributed by atoms with Crippen LogP contribution in [0, 0.1) is 0 Å². The number of aromatic amines is 1. The van der Waals surface area contributed by atoms with Gasteiger partial charge in [0.15, 0.2) is 0 Å². The average Bonchev–Trinajstić information content (AvgIpc) is 3.11. The molecule has 5 heteroatoms. The predicted octanol–water partition coefficient (Wildman–Crippen LogP) is 3.21. The minimum absolute atomic E-state index is 0.0718. The maximum absolute atomic E-state index is 12.8. The molecule has 2 atom stereocenters. The Hall–Kier alpha value is -1.52. The summed E-state index contributed by atoms with van der Waals surface area (Å²) in [6.07, 6.45) is 3.47. The number of fused-ring (bicyclic) bond motifs is 2. The summed E-state index contributed by atoms with van der Waals surface area (Å²) in [5.41, 5.74) is 1.54. The Kier molecular flexibility index (Phi) is 3.16. The number of hydrogen-bond donors (Lipinski definition) is 1. The van der Waals surface area contributed by atoms with E-state index in [4.69, 9.17) is 16.3 Å². The lowest BCUT2D eigenvalue weighted by atomic mass is 10.1. The van der Waals surface area contributed by atoms with Crippen LogP contribution in [0.3, 0.4) is 0 Å². The molecular formula is C16H17ClN2O2. The monoisotopic (exact) mass is 304 g/mol. The topological polar surface area (TPSA) is 45.3 Å². The highest BCUT2D eigenvalue weighted by Gasteiger charge is 2.38. The Labute approximate surface area is 128 Å². The summed E-state index contributed by atoms with van der Waals surface area (Å²) in [5, 5.41) is 1.68. The molecule has 0 unspecified atom stereocenters. The van der Waals surface area contributed by atoms with Crippen LogP contribution in [-0.2, 0) is 4.74 Å². The highest BCUT2D eigenvalue weighted by molar-refractivity contribution is 6.31. The molecule has 1 aliphatic heterocycles. The van der Waals surface area contributed by atoms with Crippen LogP contribution in [0.5, 0.6) is 0 Å². The molecule has 2 aromatic rings. The first kappa shape index (κ1) is 13.2. The second-order valence-corrected chi connectivity index (χ2v) is 6.26. The Morgan fingerprint density at radius 1 is 1.33 bits per heavy atom. The zero-order valence-electron chi connectivity index (χ0n) is 11.6. The van der Waals surface area contributed by atoms with Gasteiger partial charge in [-0.1, -0.05) is 17.7 Å². The van der Waals surface area contributed by atoms with Gasteiger partial charge in [0.05, 0.1) is 18.8 Å². The first-order valence-electron chi connectivity index (χ1n) is 7.43. The van der Waals surface area contributed by atoms with Crippen LogP contribution in [0.15, 0.2) is 24.3 Å². The van der Waals surface area contributed by atoms with Gasteiger partial charge in [-0.25, -0.2) is 0 Å². The molecule has 2 fully saturated rings.